The van der Waals surface area contributed by atoms with Gasteiger partial charge in [-0.2, -0.15) is 0 Å². The van der Waals surface area contributed by atoms with Crippen molar-refractivity contribution in [3.63, 3.8) is 0 Å². The number of halogens is 1. The van der Waals surface area contributed by atoms with Crippen LogP contribution in [-0.4, -0.2) is 53.7 Å². The van der Waals surface area contributed by atoms with Crippen LogP contribution in [0.3, 0.4) is 0 Å². The summed E-state index contributed by atoms with van der Waals surface area (Å²) in [4.78, 5) is 24.8. The lowest BCUT2D eigenvalue weighted by atomic mass is 10.2. The van der Waals surface area contributed by atoms with E-state index in [1.165, 1.54) is 0 Å². The maximum absolute atomic E-state index is 12.1. The van der Waals surface area contributed by atoms with Gasteiger partial charge in [0.1, 0.15) is 12.1 Å². The van der Waals surface area contributed by atoms with Gasteiger partial charge >= 0.3 is 6.09 Å². The number of carbonyl (C=O) groups excluding carboxylic acids is 1. The van der Waals surface area contributed by atoms with Crippen molar-refractivity contribution in [1.29, 1.82) is 0 Å². The number of hydrogen-bond donors (Lipinski definition) is 0. The minimum atomic E-state index is -0.223. The number of nitrogens with zero attached hydrogens (tertiary/aromatic N) is 4. The Hall–Kier alpha value is -1.89. The van der Waals surface area contributed by atoms with Gasteiger partial charge in [0.15, 0.2) is 0 Å². The Morgan fingerprint density at radius 3 is 2.71 bits per heavy atom. The van der Waals surface area contributed by atoms with Crippen LogP contribution in [0.25, 0.3) is 10.9 Å². The van der Waals surface area contributed by atoms with Crippen LogP contribution >= 0.6 is 15.9 Å². The van der Waals surface area contributed by atoms with Crippen molar-refractivity contribution in [2.24, 2.45) is 5.92 Å². The van der Waals surface area contributed by atoms with Gasteiger partial charge in [-0.3, -0.25) is 0 Å². The maximum Gasteiger partial charge on any atom is 0.409 e. The third-order valence-electron chi connectivity index (χ3n) is 3.95. The summed E-state index contributed by atoms with van der Waals surface area (Å²) in [5.74, 6) is 1.26. The summed E-state index contributed by atoms with van der Waals surface area (Å²) in [5.41, 5.74) is 0.918. The van der Waals surface area contributed by atoms with Gasteiger partial charge in [0, 0.05) is 36.0 Å². The fourth-order valence-electron chi connectivity index (χ4n) is 2.70. The van der Waals surface area contributed by atoms with Crippen LogP contribution in [-0.2, 0) is 4.74 Å². The minimum Gasteiger partial charge on any atom is -0.449 e. The number of ether oxygens (including phenoxy) is 1. The number of benzene rings is 1. The van der Waals surface area contributed by atoms with Crippen molar-refractivity contribution in [3.8, 4) is 0 Å². The van der Waals surface area contributed by atoms with E-state index < -0.39 is 0 Å². The number of fused-ring (bicyclic) bond motifs is 1. The molecule has 1 saturated heterocycles. The lowest BCUT2D eigenvalue weighted by Gasteiger charge is -2.35. The van der Waals surface area contributed by atoms with Gasteiger partial charge in [-0.15, -0.1) is 0 Å². The number of anilines is 1. The molecule has 0 unspecified atom stereocenters. The molecule has 1 aliphatic heterocycles. The summed E-state index contributed by atoms with van der Waals surface area (Å²) >= 11 is 3.50. The second-order valence-corrected chi connectivity index (χ2v) is 7.22. The largest absolute Gasteiger partial charge is 0.449 e. The fourth-order valence-corrected chi connectivity index (χ4v) is 3.06. The van der Waals surface area contributed by atoms with Crippen LogP contribution in [0.5, 0.6) is 0 Å². The number of amides is 1. The van der Waals surface area contributed by atoms with Crippen LogP contribution in [0.1, 0.15) is 13.8 Å². The van der Waals surface area contributed by atoms with Crippen LogP contribution in [0.15, 0.2) is 29.0 Å². The Morgan fingerprint density at radius 1 is 1.25 bits per heavy atom. The highest BCUT2D eigenvalue weighted by molar-refractivity contribution is 9.10. The molecule has 24 heavy (non-hydrogen) atoms. The van der Waals surface area contributed by atoms with E-state index in [2.05, 4.69) is 30.8 Å². The summed E-state index contributed by atoms with van der Waals surface area (Å²) in [6.45, 7) is 7.26. The van der Waals surface area contributed by atoms with Crippen molar-refractivity contribution in [3.05, 3.63) is 29.0 Å². The van der Waals surface area contributed by atoms with Gasteiger partial charge in [0.05, 0.1) is 12.1 Å². The molecule has 0 radical (unpaired) electrons. The van der Waals surface area contributed by atoms with E-state index in [1.54, 1.807) is 11.2 Å². The molecule has 1 aromatic heterocycles. The average molecular weight is 393 g/mol. The third-order valence-corrected chi connectivity index (χ3v) is 4.45. The van der Waals surface area contributed by atoms with Crippen molar-refractivity contribution in [2.45, 2.75) is 13.8 Å². The molecule has 7 heteroatoms. The van der Waals surface area contributed by atoms with E-state index in [4.69, 9.17) is 4.74 Å². The number of rotatable bonds is 3. The zero-order valence-corrected chi connectivity index (χ0v) is 15.5. The molecule has 1 amide bonds. The number of hydrogen-bond acceptors (Lipinski definition) is 5. The van der Waals surface area contributed by atoms with E-state index in [0.717, 1.165) is 34.3 Å². The molecule has 0 spiro atoms. The van der Waals surface area contributed by atoms with E-state index >= 15 is 0 Å². The topological polar surface area (TPSA) is 58.6 Å². The lowest BCUT2D eigenvalue weighted by Crippen LogP contribution is -2.49. The first-order chi connectivity index (χ1) is 11.5. The molecule has 2 heterocycles. The van der Waals surface area contributed by atoms with Gasteiger partial charge < -0.3 is 14.5 Å². The Balaban J connectivity index is 1.69. The van der Waals surface area contributed by atoms with Crippen LogP contribution in [0.2, 0.25) is 0 Å². The predicted molar refractivity (Wildman–Crippen MR) is 97.2 cm³/mol. The van der Waals surface area contributed by atoms with Crippen molar-refractivity contribution < 1.29 is 9.53 Å². The maximum atomic E-state index is 12.1. The van der Waals surface area contributed by atoms with Gasteiger partial charge in [0.2, 0.25) is 0 Å². The van der Waals surface area contributed by atoms with Crippen molar-refractivity contribution in [2.75, 3.05) is 37.7 Å². The molecule has 0 bridgehead atoms. The lowest BCUT2D eigenvalue weighted by molar-refractivity contribution is 0.0901. The van der Waals surface area contributed by atoms with Gasteiger partial charge in [-0.05, 0) is 24.1 Å². The molecule has 0 atom stereocenters. The standard InChI is InChI=1S/C17H21BrN4O2/c1-12(2)10-24-17(23)22-7-5-21(6-8-22)16-14-9-13(18)3-4-15(14)19-11-20-16/h3-4,9,11-12H,5-8,10H2,1-2H3. The van der Waals surface area contributed by atoms with Crippen LogP contribution in [0.4, 0.5) is 10.6 Å². The molecule has 1 fully saturated rings. The Morgan fingerprint density at radius 2 is 2.00 bits per heavy atom. The monoisotopic (exact) mass is 392 g/mol. The summed E-state index contributed by atoms with van der Waals surface area (Å²) in [7, 11) is 0. The quantitative estimate of drug-likeness (QED) is 0.801. The number of aromatic nitrogens is 2. The Bertz CT molecular complexity index is 730. The zero-order valence-electron chi connectivity index (χ0n) is 13.9. The van der Waals surface area contributed by atoms with E-state index in [9.17, 15) is 4.79 Å². The third kappa shape index (κ3) is 3.77. The molecular weight excluding hydrogens is 372 g/mol. The smallest absolute Gasteiger partial charge is 0.409 e. The first-order valence-corrected chi connectivity index (χ1v) is 8.91. The summed E-state index contributed by atoms with van der Waals surface area (Å²) in [6, 6.07) is 5.99. The van der Waals surface area contributed by atoms with Gasteiger partial charge in [-0.1, -0.05) is 29.8 Å². The van der Waals surface area contributed by atoms with Crippen LogP contribution < -0.4 is 4.90 Å². The molecule has 128 valence electrons. The summed E-state index contributed by atoms with van der Waals surface area (Å²) in [5, 5.41) is 1.02. The fraction of sp³-hybridized carbons (Fsp3) is 0.471. The Labute approximate surface area is 149 Å². The van der Waals surface area contributed by atoms with E-state index in [0.29, 0.717) is 25.6 Å². The second-order valence-electron chi connectivity index (χ2n) is 6.30. The molecule has 1 aromatic carbocycles. The highest BCUT2D eigenvalue weighted by Crippen LogP contribution is 2.26. The predicted octanol–water partition coefficient (Wildman–Crippen LogP) is 3.31. The Kier molecular flexibility index (Phi) is 5.18. The molecule has 6 nitrogen and oxygen atoms in total. The number of piperazine rings is 1. The van der Waals surface area contributed by atoms with Crippen molar-refractivity contribution >= 4 is 38.7 Å². The molecule has 3 rings (SSSR count). The second kappa shape index (κ2) is 7.34. The van der Waals surface area contributed by atoms with Gasteiger partial charge in [0.25, 0.3) is 0 Å². The van der Waals surface area contributed by atoms with E-state index in [1.807, 2.05) is 32.0 Å². The highest BCUT2D eigenvalue weighted by Gasteiger charge is 2.24. The molecule has 0 N–H and O–H groups in total. The highest BCUT2D eigenvalue weighted by atomic mass is 79.9. The van der Waals surface area contributed by atoms with Crippen LogP contribution in [0, 0.1) is 5.92 Å². The normalized spacial score (nSPS) is 15.2. The summed E-state index contributed by atoms with van der Waals surface area (Å²) < 4.78 is 6.31. The first kappa shape index (κ1) is 17.0. The van der Waals surface area contributed by atoms with E-state index in [-0.39, 0.29) is 6.09 Å². The molecule has 0 saturated carbocycles. The molecule has 1 aliphatic rings. The van der Waals surface area contributed by atoms with Crippen molar-refractivity contribution in [1.82, 2.24) is 14.9 Å². The zero-order chi connectivity index (χ0) is 17.1. The molecular formula is C17H21BrN4O2. The number of carbonyl (C=O) groups is 1. The minimum absolute atomic E-state index is 0.223. The SMILES string of the molecule is CC(C)COC(=O)N1CCN(c2ncnc3ccc(Br)cc23)CC1. The molecule has 2 aromatic rings. The van der Waals surface area contributed by atoms with Gasteiger partial charge in [-0.25, -0.2) is 14.8 Å². The first-order valence-electron chi connectivity index (χ1n) is 8.11. The average Bonchev–Trinajstić information content (AvgIpc) is 2.59. The molecule has 0 aliphatic carbocycles. The summed E-state index contributed by atoms with van der Waals surface area (Å²) in [6.07, 6.45) is 1.37.